The van der Waals surface area contributed by atoms with E-state index >= 15 is 0 Å². The van der Waals surface area contributed by atoms with Crippen molar-refractivity contribution in [1.29, 1.82) is 0 Å². The number of hydrogen-bond acceptors (Lipinski definition) is 3. The van der Waals surface area contributed by atoms with Gasteiger partial charge >= 0.3 is 5.97 Å². The van der Waals surface area contributed by atoms with Crippen LogP contribution in [0.2, 0.25) is 0 Å². The van der Waals surface area contributed by atoms with Crippen molar-refractivity contribution in [2.24, 2.45) is 0 Å². The lowest BCUT2D eigenvalue weighted by molar-refractivity contribution is 0.0699. The summed E-state index contributed by atoms with van der Waals surface area (Å²) in [5.74, 6) is -0.132. The van der Waals surface area contributed by atoms with Crippen LogP contribution in [0.5, 0.6) is 0 Å². The summed E-state index contributed by atoms with van der Waals surface area (Å²) < 4.78 is 7.57. The second kappa shape index (κ2) is 6.52. The Hall–Kier alpha value is -1.88. The van der Waals surface area contributed by atoms with Gasteiger partial charge in [-0.3, -0.25) is 0 Å². The molecule has 0 aliphatic rings. The molecule has 108 valence electrons. The first-order chi connectivity index (χ1) is 9.65. The van der Waals surface area contributed by atoms with Crippen LogP contribution in [0.4, 0.5) is 0 Å². The molecule has 1 aromatic carbocycles. The third-order valence-electron chi connectivity index (χ3n) is 3.30. The van der Waals surface area contributed by atoms with E-state index in [1.54, 1.807) is 12.1 Å². The van der Waals surface area contributed by atoms with E-state index in [1.165, 1.54) is 0 Å². The molecule has 0 spiro atoms. The van der Waals surface area contributed by atoms with Crippen molar-refractivity contribution in [3.8, 4) is 0 Å². The molecule has 1 N–H and O–H groups in total. The minimum Gasteiger partial charge on any atom is -0.478 e. The number of ether oxygens (including phenoxy) is 1. The zero-order valence-corrected chi connectivity index (χ0v) is 11.9. The smallest absolute Gasteiger partial charge is 0.337 e. The number of unbranched alkanes of at least 4 members (excludes halogenated alkanes) is 1. The zero-order chi connectivity index (χ0) is 14.5. The Kier molecular flexibility index (Phi) is 4.74. The number of aryl methyl sites for hydroxylation is 1. The van der Waals surface area contributed by atoms with Gasteiger partial charge in [0.25, 0.3) is 0 Å². The van der Waals surface area contributed by atoms with Gasteiger partial charge in [-0.05, 0) is 25.5 Å². The molecule has 0 amide bonds. The molecule has 1 heterocycles. The highest BCUT2D eigenvalue weighted by atomic mass is 16.5. The van der Waals surface area contributed by atoms with Gasteiger partial charge in [0.15, 0.2) is 0 Å². The molecule has 0 aliphatic heterocycles. The molecule has 0 atom stereocenters. The van der Waals surface area contributed by atoms with Gasteiger partial charge in [-0.2, -0.15) is 0 Å². The minimum absolute atomic E-state index is 0.247. The van der Waals surface area contributed by atoms with Crippen LogP contribution in [0.3, 0.4) is 0 Å². The van der Waals surface area contributed by atoms with Crippen molar-refractivity contribution < 1.29 is 14.6 Å². The average molecular weight is 276 g/mol. The molecule has 0 saturated carbocycles. The van der Waals surface area contributed by atoms with E-state index in [-0.39, 0.29) is 5.56 Å². The third-order valence-corrected chi connectivity index (χ3v) is 3.30. The molecule has 0 saturated heterocycles. The lowest BCUT2D eigenvalue weighted by Crippen LogP contribution is -2.08. The van der Waals surface area contributed by atoms with E-state index in [0.29, 0.717) is 18.7 Å². The second-order valence-electron chi connectivity index (χ2n) is 4.76. The van der Waals surface area contributed by atoms with Gasteiger partial charge in [-0.15, -0.1) is 0 Å². The summed E-state index contributed by atoms with van der Waals surface area (Å²) in [6.07, 6.45) is 2.18. The summed E-state index contributed by atoms with van der Waals surface area (Å²) in [7, 11) is 0. The number of nitrogens with zero attached hydrogens (tertiary/aromatic N) is 2. The van der Waals surface area contributed by atoms with Crippen LogP contribution in [-0.4, -0.2) is 33.8 Å². The third kappa shape index (κ3) is 2.99. The molecule has 2 aromatic rings. The molecule has 5 heteroatoms. The maximum Gasteiger partial charge on any atom is 0.337 e. The Morgan fingerprint density at radius 1 is 1.40 bits per heavy atom. The molecule has 20 heavy (non-hydrogen) atoms. The van der Waals surface area contributed by atoms with Gasteiger partial charge in [0.2, 0.25) is 0 Å². The zero-order valence-electron chi connectivity index (χ0n) is 11.9. The SMILES string of the molecule is CCCCOCCn1c(C)nc2c(C(=O)O)cccc21. The first-order valence-corrected chi connectivity index (χ1v) is 6.92. The normalized spacial score (nSPS) is 11.1. The molecule has 0 bridgehead atoms. The summed E-state index contributed by atoms with van der Waals surface area (Å²) in [6.45, 7) is 6.09. The fraction of sp³-hybridized carbons (Fsp3) is 0.467. The van der Waals surface area contributed by atoms with E-state index in [9.17, 15) is 9.90 Å². The van der Waals surface area contributed by atoms with Gasteiger partial charge in [0, 0.05) is 13.2 Å². The van der Waals surface area contributed by atoms with Crippen molar-refractivity contribution in [2.45, 2.75) is 33.2 Å². The van der Waals surface area contributed by atoms with Crippen LogP contribution in [0.1, 0.15) is 35.9 Å². The fourth-order valence-corrected chi connectivity index (χ4v) is 2.22. The van der Waals surface area contributed by atoms with Gasteiger partial charge in [-0.1, -0.05) is 19.4 Å². The number of rotatable bonds is 7. The highest BCUT2D eigenvalue weighted by Crippen LogP contribution is 2.20. The van der Waals surface area contributed by atoms with Crippen molar-refractivity contribution >= 4 is 17.0 Å². The minimum atomic E-state index is -0.945. The van der Waals surface area contributed by atoms with E-state index < -0.39 is 5.97 Å². The van der Waals surface area contributed by atoms with Crippen molar-refractivity contribution in [1.82, 2.24) is 9.55 Å². The number of hydrogen-bond donors (Lipinski definition) is 1. The lowest BCUT2D eigenvalue weighted by atomic mass is 10.2. The number of fused-ring (bicyclic) bond motifs is 1. The van der Waals surface area contributed by atoms with Crippen LogP contribution in [0.15, 0.2) is 18.2 Å². The van der Waals surface area contributed by atoms with Crippen LogP contribution >= 0.6 is 0 Å². The van der Waals surface area contributed by atoms with Crippen molar-refractivity contribution in [3.05, 3.63) is 29.6 Å². The number of aromatic carboxylic acids is 1. The summed E-state index contributed by atoms with van der Waals surface area (Å²) in [5, 5.41) is 9.18. The van der Waals surface area contributed by atoms with Gasteiger partial charge in [0.05, 0.1) is 17.7 Å². The lowest BCUT2D eigenvalue weighted by Gasteiger charge is -2.07. The Labute approximate surface area is 118 Å². The topological polar surface area (TPSA) is 64.4 Å². The Bertz CT molecular complexity index is 604. The van der Waals surface area contributed by atoms with E-state index in [1.807, 2.05) is 17.6 Å². The Balaban J connectivity index is 2.19. The number of aromatic nitrogens is 2. The molecular formula is C15H20N2O3. The van der Waals surface area contributed by atoms with Crippen LogP contribution in [0, 0.1) is 6.92 Å². The first-order valence-electron chi connectivity index (χ1n) is 6.92. The number of carboxylic acids is 1. The Morgan fingerprint density at radius 3 is 2.90 bits per heavy atom. The maximum atomic E-state index is 11.2. The average Bonchev–Trinajstić information content (AvgIpc) is 2.74. The summed E-state index contributed by atoms with van der Waals surface area (Å²) in [6, 6.07) is 5.23. The van der Waals surface area contributed by atoms with Crippen molar-refractivity contribution in [3.63, 3.8) is 0 Å². The number of imidazole rings is 1. The molecule has 0 aliphatic carbocycles. The monoisotopic (exact) mass is 276 g/mol. The number of carbonyl (C=O) groups is 1. The molecule has 0 radical (unpaired) electrons. The Morgan fingerprint density at radius 2 is 2.20 bits per heavy atom. The predicted molar refractivity (Wildman–Crippen MR) is 77.2 cm³/mol. The van der Waals surface area contributed by atoms with Crippen LogP contribution in [0.25, 0.3) is 11.0 Å². The summed E-state index contributed by atoms with van der Waals surface area (Å²) in [4.78, 5) is 15.6. The molecule has 1 aromatic heterocycles. The predicted octanol–water partition coefficient (Wildman–Crippen LogP) is 2.86. The largest absolute Gasteiger partial charge is 0.478 e. The van der Waals surface area contributed by atoms with Gasteiger partial charge in [0.1, 0.15) is 11.3 Å². The van der Waals surface area contributed by atoms with Gasteiger partial charge in [-0.25, -0.2) is 9.78 Å². The molecule has 5 nitrogen and oxygen atoms in total. The number of carboxylic acid groups (broad SMARTS) is 1. The highest BCUT2D eigenvalue weighted by Gasteiger charge is 2.14. The quantitative estimate of drug-likeness (QED) is 0.790. The maximum absolute atomic E-state index is 11.2. The standard InChI is InChI=1S/C15H20N2O3/c1-3-4-9-20-10-8-17-11(2)16-14-12(15(18)19)6-5-7-13(14)17/h5-7H,3-4,8-10H2,1-2H3,(H,18,19). The van der Waals surface area contributed by atoms with E-state index in [2.05, 4.69) is 11.9 Å². The van der Waals surface area contributed by atoms with Crippen LogP contribution in [-0.2, 0) is 11.3 Å². The first kappa shape index (κ1) is 14.5. The fourth-order valence-electron chi connectivity index (χ4n) is 2.22. The molecule has 2 rings (SSSR count). The van der Waals surface area contributed by atoms with E-state index in [4.69, 9.17) is 4.74 Å². The second-order valence-corrected chi connectivity index (χ2v) is 4.76. The molecule has 0 unspecified atom stereocenters. The summed E-state index contributed by atoms with van der Waals surface area (Å²) in [5.41, 5.74) is 1.64. The molecule has 0 fully saturated rings. The van der Waals surface area contributed by atoms with E-state index in [0.717, 1.165) is 30.8 Å². The number of benzene rings is 1. The summed E-state index contributed by atoms with van der Waals surface area (Å²) >= 11 is 0. The molecular weight excluding hydrogens is 256 g/mol. The van der Waals surface area contributed by atoms with Crippen LogP contribution < -0.4 is 0 Å². The van der Waals surface area contributed by atoms with Gasteiger partial charge < -0.3 is 14.4 Å². The number of para-hydroxylation sites is 1. The van der Waals surface area contributed by atoms with Crippen molar-refractivity contribution in [2.75, 3.05) is 13.2 Å². The highest BCUT2D eigenvalue weighted by molar-refractivity contribution is 6.01.